The number of nitrogens with zero attached hydrogens (tertiary/aromatic N) is 1. The van der Waals surface area contributed by atoms with Crippen LogP contribution in [0, 0.1) is 5.82 Å². The molecule has 1 atom stereocenters. The van der Waals surface area contributed by atoms with E-state index < -0.39 is 41.2 Å². The molecule has 0 aliphatic carbocycles. The summed E-state index contributed by atoms with van der Waals surface area (Å²) in [6, 6.07) is 9.65. The molecule has 2 aromatic carbocycles. The number of halogens is 4. The van der Waals surface area contributed by atoms with Crippen molar-refractivity contribution in [3.8, 4) is 0 Å². The summed E-state index contributed by atoms with van der Waals surface area (Å²) in [7, 11) is 0. The summed E-state index contributed by atoms with van der Waals surface area (Å²) in [5.41, 5.74) is -4.55. The molecule has 2 N–H and O–H groups in total. The Bertz CT molecular complexity index is 917. The highest BCUT2D eigenvalue weighted by Gasteiger charge is 2.69. The lowest BCUT2D eigenvalue weighted by molar-refractivity contribution is -0.197. The molecular weight excluding hydrogens is 370 g/mol. The number of carbonyl (C=O) groups is 3. The molecule has 27 heavy (non-hydrogen) atoms. The van der Waals surface area contributed by atoms with Crippen LogP contribution in [0.1, 0.15) is 10.4 Å². The van der Waals surface area contributed by atoms with Gasteiger partial charge < -0.3 is 5.32 Å². The van der Waals surface area contributed by atoms with E-state index in [9.17, 15) is 31.9 Å². The summed E-state index contributed by atoms with van der Waals surface area (Å²) in [4.78, 5) is 36.9. The van der Waals surface area contributed by atoms with Crippen LogP contribution < -0.4 is 15.5 Å². The number of carbonyl (C=O) groups excluding carboxylic acids is 3. The quantitative estimate of drug-likeness (QED) is 0.634. The maximum atomic E-state index is 13.9. The number of nitrogens with one attached hydrogen (secondary N) is 2. The lowest BCUT2D eigenvalue weighted by atomic mass is 10.1. The molecule has 0 radical (unpaired) electrons. The van der Waals surface area contributed by atoms with Crippen LogP contribution in [0.25, 0.3) is 0 Å². The topological polar surface area (TPSA) is 78.5 Å². The van der Waals surface area contributed by atoms with E-state index in [4.69, 9.17) is 0 Å². The number of amides is 4. The Balaban J connectivity index is 2.03. The van der Waals surface area contributed by atoms with Gasteiger partial charge in [0.15, 0.2) is 0 Å². The molecule has 3 rings (SSSR count). The molecule has 0 spiro atoms. The maximum Gasteiger partial charge on any atom is 0.440 e. The molecule has 0 saturated carbocycles. The van der Waals surface area contributed by atoms with Crippen LogP contribution in [0.4, 0.5) is 28.0 Å². The van der Waals surface area contributed by atoms with E-state index in [1.807, 2.05) is 0 Å². The second kappa shape index (κ2) is 6.38. The molecular formula is C17H11F4N3O3. The van der Waals surface area contributed by atoms with Crippen molar-refractivity contribution in [3.63, 3.8) is 0 Å². The molecule has 1 saturated heterocycles. The van der Waals surface area contributed by atoms with Gasteiger partial charge in [0.05, 0.1) is 5.69 Å². The molecule has 1 aliphatic rings. The predicted molar refractivity (Wildman–Crippen MR) is 85.1 cm³/mol. The summed E-state index contributed by atoms with van der Waals surface area (Å²) in [6.45, 7) is 0. The fraction of sp³-hybridized carbons (Fsp3) is 0.118. The standard InChI is InChI=1S/C17H11F4N3O3/c18-11-8-4-5-9-12(11)24-14(26)16(17(19,20)21,23-15(24)27)22-13(25)10-6-2-1-3-7-10/h1-9H,(H,22,25)(H,23,27). The lowest BCUT2D eigenvalue weighted by Gasteiger charge is -2.29. The zero-order chi connectivity index (χ0) is 19.8. The number of urea groups is 1. The van der Waals surface area contributed by atoms with Gasteiger partial charge in [-0.3, -0.25) is 14.9 Å². The van der Waals surface area contributed by atoms with Gasteiger partial charge in [-0.25, -0.2) is 14.1 Å². The van der Waals surface area contributed by atoms with E-state index in [0.29, 0.717) is 0 Å². The Labute approximate surface area is 149 Å². The molecule has 1 fully saturated rings. The van der Waals surface area contributed by atoms with Crippen LogP contribution >= 0.6 is 0 Å². The normalized spacial score (nSPS) is 19.8. The lowest BCUT2D eigenvalue weighted by Crippen LogP contribution is -2.69. The van der Waals surface area contributed by atoms with E-state index in [0.717, 1.165) is 12.1 Å². The molecule has 1 aliphatic heterocycles. The average Bonchev–Trinajstić information content (AvgIpc) is 2.87. The summed E-state index contributed by atoms with van der Waals surface area (Å²) in [5, 5.41) is 2.99. The number of benzene rings is 2. The Kier molecular flexibility index (Phi) is 4.34. The first-order valence-corrected chi connectivity index (χ1v) is 7.53. The van der Waals surface area contributed by atoms with E-state index in [1.165, 1.54) is 47.0 Å². The molecule has 0 aromatic heterocycles. The molecule has 10 heteroatoms. The first kappa shape index (κ1) is 18.4. The largest absolute Gasteiger partial charge is 0.440 e. The van der Waals surface area contributed by atoms with Gasteiger partial charge in [-0.1, -0.05) is 30.3 Å². The molecule has 140 valence electrons. The van der Waals surface area contributed by atoms with Crippen LogP contribution in [0.5, 0.6) is 0 Å². The van der Waals surface area contributed by atoms with Crippen LogP contribution in [0.3, 0.4) is 0 Å². The van der Waals surface area contributed by atoms with Crippen molar-refractivity contribution >= 4 is 23.5 Å². The fourth-order valence-electron chi connectivity index (χ4n) is 2.56. The van der Waals surface area contributed by atoms with Crippen molar-refractivity contribution in [2.24, 2.45) is 0 Å². The van der Waals surface area contributed by atoms with Gasteiger partial charge >= 0.3 is 12.2 Å². The first-order valence-electron chi connectivity index (χ1n) is 7.53. The van der Waals surface area contributed by atoms with Crippen LogP contribution in [-0.4, -0.2) is 29.7 Å². The maximum absolute atomic E-state index is 13.9. The molecule has 6 nitrogen and oxygen atoms in total. The highest BCUT2D eigenvalue weighted by atomic mass is 19.4. The molecule has 2 aromatic rings. The van der Waals surface area contributed by atoms with Gasteiger partial charge in [0.2, 0.25) is 0 Å². The third-order valence-electron chi connectivity index (χ3n) is 3.88. The molecule has 0 bridgehead atoms. The van der Waals surface area contributed by atoms with Gasteiger partial charge in [-0.05, 0) is 24.3 Å². The number of alkyl halides is 3. The minimum Gasteiger partial charge on any atom is -0.314 e. The zero-order valence-corrected chi connectivity index (χ0v) is 13.4. The van der Waals surface area contributed by atoms with Crippen molar-refractivity contribution < 1.29 is 31.9 Å². The zero-order valence-electron chi connectivity index (χ0n) is 13.4. The van der Waals surface area contributed by atoms with Crippen LogP contribution in [0.15, 0.2) is 54.6 Å². The van der Waals surface area contributed by atoms with E-state index in [-0.39, 0.29) is 10.5 Å². The highest BCUT2D eigenvalue weighted by Crippen LogP contribution is 2.36. The SMILES string of the molecule is O=C(NC1(C(F)(F)F)NC(=O)N(c2ccccc2F)C1=O)c1ccccc1. The third kappa shape index (κ3) is 2.98. The highest BCUT2D eigenvalue weighted by molar-refractivity contribution is 6.24. The minimum absolute atomic E-state index is 0.00803. The van der Waals surface area contributed by atoms with E-state index >= 15 is 0 Å². The number of para-hydroxylation sites is 1. The number of rotatable bonds is 3. The second-order valence-corrected chi connectivity index (χ2v) is 5.59. The number of imide groups is 1. The summed E-state index contributed by atoms with van der Waals surface area (Å²) in [6.07, 6.45) is -5.38. The number of anilines is 1. The molecule has 1 heterocycles. The first-order chi connectivity index (χ1) is 12.7. The Morgan fingerprint density at radius 1 is 1.00 bits per heavy atom. The average molecular weight is 381 g/mol. The third-order valence-corrected chi connectivity index (χ3v) is 3.88. The number of hydrogen-bond donors (Lipinski definition) is 2. The van der Waals surface area contributed by atoms with Gasteiger partial charge in [0.25, 0.3) is 17.5 Å². The Morgan fingerprint density at radius 2 is 1.59 bits per heavy atom. The Morgan fingerprint density at radius 3 is 2.19 bits per heavy atom. The van der Waals surface area contributed by atoms with Crippen molar-refractivity contribution in [3.05, 3.63) is 66.0 Å². The predicted octanol–water partition coefficient (Wildman–Crippen LogP) is 2.57. The van der Waals surface area contributed by atoms with Crippen molar-refractivity contribution in [1.29, 1.82) is 0 Å². The molecule has 1 unspecified atom stereocenters. The summed E-state index contributed by atoms with van der Waals surface area (Å²) in [5.74, 6) is -4.18. The van der Waals surface area contributed by atoms with Gasteiger partial charge in [0, 0.05) is 5.56 Å². The van der Waals surface area contributed by atoms with Gasteiger partial charge in [0.1, 0.15) is 5.82 Å². The van der Waals surface area contributed by atoms with Gasteiger partial charge in [-0.15, -0.1) is 0 Å². The smallest absolute Gasteiger partial charge is 0.314 e. The summed E-state index contributed by atoms with van der Waals surface area (Å²) < 4.78 is 55.1. The minimum atomic E-state index is -5.38. The van der Waals surface area contributed by atoms with E-state index in [1.54, 1.807) is 6.07 Å². The monoisotopic (exact) mass is 381 g/mol. The fourth-order valence-corrected chi connectivity index (χ4v) is 2.56. The van der Waals surface area contributed by atoms with Crippen LogP contribution in [-0.2, 0) is 4.79 Å². The van der Waals surface area contributed by atoms with Crippen molar-refractivity contribution in [2.75, 3.05) is 4.90 Å². The van der Waals surface area contributed by atoms with Crippen LogP contribution in [0.2, 0.25) is 0 Å². The van der Waals surface area contributed by atoms with Gasteiger partial charge in [-0.2, -0.15) is 13.2 Å². The molecule has 4 amide bonds. The second-order valence-electron chi connectivity index (χ2n) is 5.59. The van der Waals surface area contributed by atoms with Crippen molar-refractivity contribution in [2.45, 2.75) is 11.8 Å². The number of hydrogen-bond acceptors (Lipinski definition) is 3. The summed E-state index contributed by atoms with van der Waals surface area (Å²) >= 11 is 0. The van der Waals surface area contributed by atoms with E-state index in [2.05, 4.69) is 0 Å². The van der Waals surface area contributed by atoms with Crippen molar-refractivity contribution in [1.82, 2.24) is 10.6 Å². The Hall–Kier alpha value is -3.43.